The number of hydrogen-bond donors (Lipinski definition) is 9. The van der Waals surface area contributed by atoms with Gasteiger partial charge >= 0.3 is 0 Å². The van der Waals surface area contributed by atoms with Gasteiger partial charge in [-0.1, -0.05) is 314 Å². The molecule has 0 aromatic carbocycles. The lowest BCUT2D eigenvalue weighted by atomic mass is 9.97. The van der Waals surface area contributed by atoms with Gasteiger partial charge in [-0.3, -0.25) is 4.79 Å². The third-order valence-corrected chi connectivity index (χ3v) is 17.8. The lowest BCUT2D eigenvalue weighted by Gasteiger charge is -2.46. The molecule has 12 atom stereocenters. The number of unbranched alkanes of at least 4 members (excludes halogenated alkanes) is 43. The lowest BCUT2D eigenvalue weighted by Crippen LogP contribution is -2.65. The molecule has 14 nitrogen and oxygen atoms in total. The number of carbonyl (C=O) groups excluding carboxylic acids is 1. The lowest BCUT2D eigenvalue weighted by molar-refractivity contribution is -0.359. The van der Waals surface area contributed by atoms with E-state index in [4.69, 9.17) is 18.9 Å². The number of rotatable bonds is 60. The minimum absolute atomic E-state index is 0.249. The van der Waals surface area contributed by atoms with Crippen molar-refractivity contribution in [2.45, 2.75) is 396 Å². The van der Waals surface area contributed by atoms with Gasteiger partial charge in [-0.05, 0) is 38.5 Å². The van der Waals surface area contributed by atoms with Gasteiger partial charge < -0.3 is 65.1 Å². The van der Waals surface area contributed by atoms with Crippen molar-refractivity contribution < 1.29 is 64.6 Å². The molecule has 2 fully saturated rings. The maximum atomic E-state index is 13.3. The minimum atomic E-state index is -1.79. The van der Waals surface area contributed by atoms with Crippen LogP contribution in [0.4, 0.5) is 0 Å². The van der Waals surface area contributed by atoms with Gasteiger partial charge in [0, 0.05) is 6.42 Å². The monoisotopic (exact) mass is 1220 g/mol. The van der Waals surface area contributed by atoms with Crippen LogP contribution < -0.4 is 5.32 Å². The molecule has 0 aromatic heterocycles. The van der Waals surface area contributed by atoms with E-state index in [9.17, 15) is 45.6 Å². The number of aliphatic hydroxyl groups is 8. The zero-order chi connectivity index (χ0) is 62.3. The summed E-state index contributed by atoms with van der Waals surface area (Å²) in [6.45, 7) is 2.75. The Morgan fingerprint density at radius 1 is 0.407 bits per heavy atom. The molecule has 2 aliphatic heterocycles. The second kappa shape index (κ2) is 57.1. The highest BCUT2D eigenvalue weighted by Crippen LogP contribution is 2.30. The Hall–Kier alpha value is -1.79. The van der Waals surface area contributed by atoms with Crippen molar-refractivity contribution >= 4 is 5.91 Å². The molecule has 2 aliphatic rings. The van der Waals surface area contributed by atoms with Crippen molar-refractivity contribution in [2.24, 2.45) is 0 Å². The van der Waals surface area contributed by atoms with Gasteiger partial charge in [-0.25, -0.2) is 0 Å². The Morgan fingerprint density at radius 3 is 1.13 bits per heavy atom. The molecule has 12 unspecified atom stereocenters. The standard InChI is InChI=1S/C72H135NO13/c1-3-5-7-9-11-13-15-17-18-19-20-21-22-23-24-25-26-27-28-29-30-31-32-33-34-35-36-37-38-39-40-41-42-43-44-46-48-50-52-54-56-64(77)73-60(61(76)55-53-51-49-47-45-16-14-12-10-8-6-4-2)59-83-71-69(82)67(80)70(63(58-75)85-71)86-72-68(81)66(79)65(78)62(57-74)84-72/h10,12,45,47,53,55,60-63,65-72,74-76,78-82H,3-9,11,13-44,46,48-52,54,56-59H2,1-2H3,(H,73,77)/b12-10+,47-45+,55-53+. The first kappa shape index (κ1) is 80.3. The van der Waals surface area contributed by atoms with Crippen LogP contribution in [0.1, 0.15) is 322 Å². The number of nitrogens with one attached hydrogen (secondary N) is 1. The van der Waals surface area contributed by atoms with Crippen molar-refractivity contribution in [2.75, 3.05) is 19.8 Å². The van der Waals surface area contributed by atoms with Crippen LogP contribution in [-0.4, -0.2) is 140 Å². The first-order chi connectivity index (χ1) is 42.1. The molecule has 506 valence electrons. The van der Waals surface area contributed by atoms with Crippen LogP contribution in [-0.2, 0) is 23.7 Å². The maximum absolute atomic E-state index is 13.3. The van der Waals surface area contributed by atoms with Crippen LogP contribution >= 0.6 is 0 Å². The largest absolute Gasteiger partial charge is 0.394 e. The van der Waals surface area contributed by atoms with Gasteiger partial charge in [-0.15, -0.1) is 0 Å². The van der Waals surface area contributed by atoms with Gasteiger partial charge in [0.05, 0.1) is 32.0 Å². The van der Waals surface area contributed by atoms with Crippen LogP contribution in [0.15, 0.2) is 36.5 Å². The molecule has 0 aliphatic carbocycles. The predicted octanol–water partition coefficient (Wildman–Crippen LogP) is 14.9. The molecule has 0 saturated carbocycles. The zero-order valence-electron chi connectivity index (χ0n) is 55.1. The zero-order valence-corrected chi connectivity index (χ0v) is 55.1. The first-order valence-electron chi connectivity index (χ1n) is 36.2. The fourth-order valence-corrected chi connectivity index (χ4v) is 12.0. The third kappa shape index (κ3) is 40.8. The highest BCUT2D eigenvalue weighted by molar-refractivity contribution is 5.76. The Balaban J connectivity index is 1.52. The molecule has 2 heterocycles. The van der Waals surface area contributed by atoms with Gasteiger partial charge in [-0.2, -0.15) is 0 Å². The fourth-order valence-electron chi connectivity index (χ4n) is 12.0. The van der Waals surface area contributed by atoms with Crippen molar-refractivity contribution in [3.63, 3.8) is 0 Å². The van der Waals surface area contributed by atoms with E-state index in [1.165, 1.54) is 244 Å². The highest BCUT2D eigenvalue weighted by atomic mass is 16.7. The van der Waals surface area contributed by atoms with Crippen LogP contribution in [0.2, 0.25) is 0 Å². The molecule has 86 heavy (non-hydrogen) atoms. The van der Waals surface area contributed by atoms with Crippen molar-refractivity contribution in [1.29, 1.82) is 0 Å². The average molecular weight is 1220 g/mol. The molecule has 2 saturated heterocycles. The van der Waals surface area contributed by atoms with Crippen LogP contribution in [0, 0.1) is 0 Å². The Morgan fingerprint density at radius 2 is 0.744 bits per heavy atom. The van der Waals surface area contributed by atoms with E-state index in [0.717, 1.165) is 44.9 Å². The summed E-state index contributed by atoms with van der Waals surface area (Å²) >= 11 is 0. The highest BCUT2D eigenvalue weighted by Gasteiger charge is 2.51. The van der Waals surface area contributed by atoms with Gasteiger partial charge in [0.25, 0.3) is 0 Å². The predicted molar refractivity (Wildman–Crippen MR) is 351 cm³/mol. The number of aliphatic hydroxyl groups excluding tert-OH is 8. The molecule has 9 N–H and O–H groups in total. The normalized spacial score (nSPS) is 23.6. The summed E-state index contributed by atoms with van der Waals surface area (Å²) in [5.74, 6) is -0.249. The number of hydrogen-bond acceptors (Lipinski definition) is 13. The molecule has 2 rings (SSSR count). The third-order valence-electron chi connectivity index (χ3n) is 17.8. The van der Waals surface area contributed by atoms with Gasteiger partial charge in [0.2, 0.25) is 5.91 Å². The molecule has 14 heteroatoms. The Labute approximate surface area is 525 Å². The molecule has 0 spiro atoms. The molecule has 0 bridgehead atoms. The second-order valence-electron chi connectivity index (χ2n) is 25.7. The van der Waals surface area contributed by atoms with E-state index in [0.29, 0.717) is 12.8 Å². The summed E-state index contributed by atoms with van der Waals surface area (Å²) in [4.78, 5) is 13.3. The first-order valence-corrected chi connectivity index (χ1v) is 36.2. The van der Waals surface area contributed by atoms with Crippen molar-refractivity contribution in [3.8, 4) is 0 Å². The second-order valence-corrected chi connectivity index (χ2v) is 25.7. The van der Waals surface area contributed by atoms with Crippen molar-refractivity contribution in [1.82, 2.24) is 5.32 Å². The van der Waals surface area contributed by atoms with Gasteiger partial charge in [0.1, 0.15) is 48.8 Å². The summed E-state index contributed by atoms with van der Waals surface area (Å²) in [7, 11) is 0. The number of amides is 1. The van der Waals surface area contributed by atoms with Crippen LogP contribution in [0.25, 0.3) is 0 Å². The number of carbonyl (C=O) groups is 1. The summed E-state index contributed by atoms with van der Waals surface area (Å²) in [6.07, 6.45) is 57.0. The van der Waals surface area contributed by atoms with Crippen molar-refractivity contribution in [3.05, 3.63) is 36.5 Å². The maximum Gasteiger partial charge on any atom is 0.220 e. The topological polar surface area (TPSA) is 228 Å². The summed E-state index contributed by atoms with van der Waals surface area (Å²) < 4.78 is 22.8. The van der Waals surface area contributed by atoms with E-state index in [1.54, 1.807) is 6.08 Å². The molecular formula is C72H135NO13. The average Bonchev–Trinajstić information content (AvgIpc) is 2.50. The SMILES string of the molecule is CCCC/C=C/CC/C=C/CC/C=C/C(O)C(COC1OC(CO)C(OC2OC(CO)C(O)C(O)C2O)C(O)C1O)NC(=O)CCCCCCCCCCCCCCCCCCCCCCCCCCCCCCCCCCCCCCCCCC. The molecule has 1 amide bonds. The van der Waals surface area contributed by atoms with E-state index in [-0.39, 0.29) is 18.9 Å². The summed E-state index contributed by atoms with van der Waals surface area (Å²) in [5.41, 5.74) is 0. The smallest absolute Gasteiger partial charge is 0.220 e. The van der Waals surface area contributed by atoms with Gasteiger partial charge in [0.15, 0.2) is 12.6 Å². The molecular weight excluding hydrogens is 1090 g/mol. The van der Waals surface area contributed by atoms with E-state index in [1.807, 2.05) is 6.08 Å². The molecule has 0 aromatic rings. The van der Waals surface area contributed by atoms with E-state index >= 15 is 0 Å². The van der Waals surface area contributed by atoms with E-state index in [2.05, 4.69) is 43.5 Å². The quantitative estimate of drug-likeness (QED) is 0.0204. The molecule has 0 radical (unpaired) electrons. The van der Waals surface area contributed by atoms with Crippen LogP contribution in [0.5, 0.6) is 0 Å². The summed E-state index contributed by atoms with van der Waals surface area (Å²) in [6, 6.07) is -0.935. The minimum Gasteiger partial charge on any atom is -0.394 e. The summed E-state index contributed by atoms with van der Waals surface area (Å²) in [5, 5.41) is 87.1. The van der Waals surface area contributed by atoms with E-state index < -0.39 is 86.8 Å². The number of allylic oxidation sites excluding steroid dienone is 5. The number of ether oxygens (including phenoxy) is 4. The Bertz CT molecular complexity index is 1580. The fraction of sp³-hybridized carbons (Fsp3) is 0.903. The van der Waals surface area contributed by atoms with Crippen LogP contribution in [0.3, 0.4) is 0 Å². The Kier molecular flexibility index (Phi) is 53.4.